The first kappa shape index (κ1) is 21.3. The van der Waals surface area contributed by atoms with Crippen molar-refractivity contribution in [1.82, 2.24) is 20.4 Å². The molecule has 0 saturated carbocycles. The quantitative estimate of drug-likeness (QED) is 0.277. The van der Waals surface area contributed by atoms with Gasteiger partial charge in [-0.3, -0.25) is 9.67 Å². The SMILES string of the molecule is CCNC(=NCCc1cnn(C)c1)NCCOc1ccc(C)cc1.I. The third kappa shape index (κ3) is 8.24. The van der Waals surface area contributed by atoms with E-state index in [-0.39, 0.29) is 24.0 Å². The highest BCUT2D eigenvalue weighted by Crippen LogP contribution is 2.10. The zero-order valence-corrected chi connectivity index (χ0v) is 17.5. The van der Waals surface area contributed by atoms with Crippen molar-refractivity contribution in [2.24, 2.45) is 12.0 Å². The van der Waals surface area contributed by atoms with E-state index in [1.165, 1.54) is 11.1 Å². The van der Waals surface area contributed by atoms with Gasteiger partial charge in [0.1, 0.15) is 12.4 Å². The highest BCUT2D eigenvalue weighted by atomic mass is 127. The van der Waals surface area contributed by atoms with Crippen LogP contribution in [0.3, 0.4) is 0 Å². The fraction of sp³-hybridized carbons (Fsp3) is 0.444. The number of nitrogens with zero attached hydrogens (tertiary/aromatic N) is 3. The van der Waals surface area contributed by atoms with Gasteiger partial charge in [0.15, 0.2) is 5.96 Å². The van der Waals surface area contributed by atoms with Crippen LogP contribution in [0.4, 0.5) is 0 Å². The Balaban J connectivity index is 0.00000312. The van der Waals surface area contributed by atoms with Crippen LogP contribution < -0.4 is 15.4 Å². The summed E-state index contributed by atoms with van der Waals surface area (Å²) in [4.78, 5) is 4.58. The maximum absolute atomic E-state index is 5.71. The fourth-order valence-corrected chi connectivity index (χ4v) is 2.21. The number of guanidine groups is 1. The predicted octanol–water partition coefficient (Wildman–Crippen LogP) is 2.52. The molecule has 25 heavy (non-hydrogen) atoms. The molecule has 0 spiro atoms. The Bertz CT molecular complexity index is 639. The molecule has 0 atom stereocenters. The molecule has 0 aliphatic carbocycles. The molecule has 7 heteroatoms. The number of aromatic nitrogens is 2. The van der Waals surface area contributed by atoms with E-state index in [4.69, 9.17) is 4.74 Å². The average molecular weight is 457 g/mol. The van der Waals surface area contributed by atoms with Gasteiger partial charge < -0.3 is 15.4 Å². The number of aryl methyl sites for hydroxylation is 2. The van der Waals surface area contributed by atoms with E-state index in [1.54, 1.807) is 0 Å². The van der Waals surface area contributed by atoms with E-state index in [0.717, 1.165) is 31.2 Å². The molecule has 0 bridgehead atoms. The highest BCUT2D eigenvalue weighted by Gasteiger charge is 1.99. The smallest absolute Gasteiger partial charge is 0.191 e. The minimum Gasteiger partial charge on any atom is -0.492 e. The minimum absolute atomic E-state index is 0. The summed E-state index contributed by atoms with van der Waals surface area (Å²) in [6, 6.07) is 8.07. The lowest BCUT2D eigenvalue weighted by atomic mass is 10.2. The lowest BCUT2D eigenvalue weighted by molar-refractivity contribution is 0.322. The number of nitrogens with one attached hydrogen (secondary N) is 2. The standard InChI is InChI=1S/C18H27N5O.HI/c1-4-19-18(20-10-9-16-13-22-23(3)14-16)21-11-12-24-17-7-5-15(2)6-8-17;/h5-8,13-14H,4,9-12H2,1-3H3,(H2,19,20,21);1H. The van der Waals surface area contributed by atoms with Crippen LogP contribution in [0.15, 0.2) is 41.7 Å². The molecule has 2 aromatic rings. The number of halogens is 1. The van der Waals surface area contributed by atoms with E-state index in [2.05, 4.69) is 34.6 Å². The van der Waals surface area contributed by atoms with Crippen molar-refractivity contribution in [2.75, 3.05) is 26.2 Å². The second-order valence-corrected chi connectivity index (χ2v) is 5.62. The molecule has 0 unspecified atom stereocenters. The third-order valence-corrected chi connectivity index (χ3v) is 3.46. The molecule has 1 heterocycles. The molecule has 0 fully saturated rings. The van der Waals surface area contributed by atoms with Crippen molar-refractivity contribution < 1.29 is 4.74 Å². The van der Waals surface area contributed by atoms with Crippen molar-refractivity contribution in [3.63, 3.8) is 0 Å². The van der Waals surface area contributed by atoms with E-state index < -0.39 is 0 Å². The van der Waals surface area contributed by atoms with Crippen LogP contribution >= 0.6 is 24.0 Å². The molecule has 0 aliphatic heterocycles. The van der Waals surface area contributed by atoms with E-state index in [0.29, 0.717) is 13.2 Å². The van der Waals surface area contributed by atoms with Gasteiger partial charge in [-0.2, -0.15) is 5.10 Å². The summed E-state index contributed by atoms with van der Waals surface area (Å²) in [6.07, 6.45) is 4.78. The molecule has 0 radical (unpaired) electrons. The van der Waals surface area contributed by atoms with E-state index >= 15 is 0 Å². The Hall–Kier alpha value is -1.77. The molecular formula is C18H28IN5O. The van der Waals surface area contributed by atoms with Crippen LogP contribution in [0.2, 0.25) is 0 Å². The van der Waals surface area contributed by atoms with Crippen LogP contribution in [-0.2, 0) is 13.5 Å². The summed E-state index contributed by atoms with van der Waals surface area (Å²) < 4.78 is 7.52. The van der Waals surface area contributed by atoms with Crippen molar-refractivity contribution >= 4 is 29.9 Å². The van der Waals surface area contributed by atoms with Gasteiger partial charge in [-0.25, -0.2) is 0 Å². The molecule has 1 aromatic carbocycles. The molecule has 1 aromatic heterocycles. The summed E-state index contributed by atoms with van der Waals surface area (Å²) in [5.74, 6) is 1.70. The van der Waals surface area contributed by atoms with Crippen molar-refractivity contribution in [3.05, 3.63) is 47.8 Å². The van der Waals surface area contributed by atoms with Crippen LogP contribution in [0.5, 0.6) is 5.75 Å². The Morgan fingerprint density at radius 1 is 1.24 bits per heavy atom. The molecule has 0 amide bonds. The Kier molecular flexibility index (Phi) is 9.98. The van der Waals surface area contributed by atoms with Gasteiger partial charge in [-0.1, -0.05) is 17.7 Å². The van der Waals surface area contributed by atoms with E-state index in [9.17, 15) is 0 Å². The average Bonchev–Trinajstić information content (AvgIpc) is 2.98. The zero-order chi connectivity index (χ0) is 17.2. The van der Waals surface area contributed by atoms with Crippen LogP contribution in [0.1, 0.15) is 18.1 Å². The molecular weight excluding hydrogens is 429 g/mol. The first-order chi connectivity index (χ1) is 11.7. The second-order valence-electron chi connectivity index (χ2n) is 5.62. The van der Waals surface area contributed by atoms with Gasteiger partial charge >= 0.3 is 0 Å². The zero-order valence-electron chi connectivity index (χ0n) is 15.2. The number of aliphatic imine (C=N–C) groups is 1. The maximum Gasteiger partial charge on any atom is 0.191 e. The van der Waals surface area contributed by atoms with Crippen molar-refractivity contribution in [3.8, 4) is 5.75 Å². The number of rotatable bonds is 8. The Morgan fingerprint density at radius 2 is 2.00 bits per heavy atom. The van der Waals surface area contributed by atoms with Crippen LogP contribution in [-0.4, -0.2) is 42.0 Å². The Morgan fingerprint density at radius 3 is 2.64 bits per heavy atom. The molecule has 2 N–H and O–H groups in total. The third-order valence-electron chi connectivity index (χ3n) is 3.46. The lowest BCUT2D eigenvalue weighted by Crippen LogP contribution is -2.39. The summed E-state index contributed by atoms with van der Waals surface area (Å²) >= 11 is 0. The molecule has 2 rings (SSSR count). The summed E-state index contributed by atoms with van der Waals surface area (Å²) in [5, 5.41) is 10.7. The number of hydrogen-bond donors (Lipinski definition) is 2. The fourth-order valence-electron chi connectivity index (χ4n) is 2.21. The van der Waals surface area contributed by atoms with Gasteiger partial charge in [0.05, 0.1) is 12.7 Å². The topological polar surface area (TPSA) is 63.5 Å². The second kappa shape index (κ2) is 11.7. The number of benzene rings is 1. The molecule has 6 nitrogen and oxygen atoms in total. The highest BCUT2D eigenvalue weighted by molar-refractivity contribution is 14.0. The largest absolute Gasteiger partial charge is 0.492 e. The summed E-state index contributed by atoms with van der Waals surface area (Å²) in [6.45, 7) is 6.97. The maximum atomic E-state index is 5.71. The first-order valence-corrected chi connectivity index (χ1v) is 8.36. The van der Waals surface area contributed by atoms with Crippen molar-refractivity contribution in [2.45, 2.75) is 20.3 Å². The summed E-state index contributed by atoms with van der Waals surface area (Å²) in [7, 11) is 1.92. The summed E-state index contributed by atoms with van der Waals surface area (Å²) in [5.41, 5.74) is 2.43. The molecule has 0 saturated heterocycles. The lowest BCUT2D eigenvalue weighted by Gasteiger charge is -2.12. The minimum atomic E-state index is 0. The molecule has 138 valence electrons. The van der Waals surface area contributed by atoms with E-state index in [1.807, 2.05) is 48.4 Å². The normalized spacial score (nSPS) is 10.9. The van der Waals surface area contributed by atoms with Gasteiger partial charge in [-0.15, -0.1) is 24.0 Å². The predicted molar refractivity (Wildman–Crippen MR) is 113 cm³/mol. The molecule has 0 aliphatic rings. The van der Waals surface area contributed by atoms with Gasteiger partial charge in [-0.05, 0) is 38.0 Å². The van der Waals surface area contributed by atoms with Crippen LogP contribution in [0, 0.1) is 6.92 Å². The monoisotopic (exact) mass is 457 g/mol. The van der Waals surface area contributed by atoms with Gasteiger partial charge in [0, 0.05) is 26.3 Å². The number of hydrogen-bond acceptors (Lipinski definition) is 3. The first-order valence-electron chi connectivity index (χ1n) is 8.36. The Labute approximate surface area is 167 Å². The van der Waals surface area contributed by atoms with Gasteiger partial charge in [0.25, 0.3) is 0 Å². The van der Waals surface area contributed by atoms with Crippen LogP contribution in [0.25, 0.3) is 0 Å². The number of ether oxygens (including phenoxy) is 1. The van der Waals surface area contributed by atoms with Crippen molar-refractivity contribution in [1.29, 1.82) is 0 Å². The van der Waals surface area contributed by atoms with Gasteiger partial charge in [0.2, 0.25) is 0 Å².